The second-order valence-corrected chi connectivity index (χ2v) is 7.31. The third-order valence-electron chi connectivity index (χ3n) is 5.14. The van der Waals surface area contributed by atoms with E-state index in [0.29, 0.717) is 28.0 Å². The van der Waals surface area contributed by atoms with Gasteiger partial charge in [0.25, 0.3) is 0 Å². The van der Waals surface area contributed by atoms with Crippen LogP contribution in [0.1, 0.15) is 15.9 Å². The van der Waals surface area contributed by atoms with Gasteiger partial charge in [-0.05, 0) is 66.2 Å². The summed E-state index contributed by atoms with van der Waals surface area (Å²) in [5, 5.41) is 20.0. The fourth-order valence-electron chi connectivity index (χ4n) is 3.65. The second-order valence-electron chi connectivity index (χ2n) is 7.31. The molecule has 0 spiro atoms. The summed E-state index contributed by atoms with van der Waals surface area (Å²) in [6.45, 7) is -0.386. The summed E-state index contributed by atoms with van der Waals surface area (Å²) in [6, 6.07) is 18.4. The number of nitrogens with zero attached hydrogens (tertiary/aromatic N) is 1. The van der Waals surface area contributed by atoms with Gasteiger partial charge in [0.1, 0.15) is 17.3 Å². The lowest BCUT2D eigenvalue weighted by Gasteiger charge is -2.09. The summed E-state index contributed by atoms with van der Waals surface area (Å²) in [4.78, 5) is 12.3. The summed E-state index contributed by atoms with van der Waals surface area (Å²) >= 11 is 0. The number of methoxy groups -OCH3 is 1. The van der Waals surface area contributed by atoms with Gasteiger partial charge in [-0.25, -0.2) is 9.18 Å². The van der Waals surface area contributed by atoms with Gasteiger partial charge in [0.2, 0.25) is 0 Å². The van der Waals surface area contributed by atoms with Gasteiger partial charge >= 0.3 is 5.97 Å². The number of hydrogen-bond donors (Lipinski definition) is 2. The number of aliphatic hydroxyl groups excluding tert-OH is 2. The fraction of sp³-hybridized carbons (Fsp3) is 0.160. The molecule has 0 radical (unpaired) electrons. The Morgan fingerprint density at radius 1 is 1.03 bits per heavy atom. The van der Waals surface area contributed by atoms with E-state index in [4.69, 9.17) is 9.47 Å². The number of carbonyl (C=O) groups excluding carboxylic acids is 1. The van der Waals surface area contributed by atoms with E-state index in [-0.39, 0.29) is 18.8 Å². The molecule has 0 bridgehead atoms. The van der Waals surface area contributed by atoms with Crippen LogP contribution in [0, 0.1) is 5.82 Å². The largest absolute Gasteiger partial charge is 0.465 e. The van der Waals surface area contributed by atoms with E-state index in [2.05, 4.69) is 0 Å². The van der Waals surface area contributed by atoms with Gasteiger partial charge < -0.3 is 24.3 Å². The first-order chi connectivity index (χ1) is 15.5. The SMILES string of the molecule is COC(=O)c1cccc2c1c(C[C@H](O)CO)cn2-c1ccc(Oc2ccc(F)cc2)cc1. The molecule has 0 fully saturated rings. The van der Waals surface area contributed by atoms with Gasteiger partial charge in [-0.3, -0.25) is 0 Å². The van der Waals surface area contributed by atoms with Crippen molar-refractivity contribution in [3.05, 3.63) is 89.9 Å². The van der Waals surface area contributed by atoms with Crippen molar-refractivity contribution in [3.63, 3.8) is 0 Å². The van der Waals surface area contributed by atoms with Gasteiger partial charge in [0.05, 0.1) is 30.9 Å². The lowest BCUT2D eigenvalue weighted by molar-refractivity contribution is 0.0602. The Morgan fingerprint density at radius 2 is 1.69 bits per heavy atom. The maximum Gasteiger partial charge on any atom is 0.338 e. The molecule has 6 nitrogen and oxygen atoms in total. The van der Waals surface area contributed by atoms with Crippen LogP contribution in [0.25, 0.3) is 16.6 Å². The maximum absolute atomic E-state index is 13.1. The molecular formula is C25H22FNO5. The summed E-state index contributed by atoms with van der Waals surface area (Å²) in [7, 11) is 1.32. The molecule has 32 heavy (non-hydrogen) atoms. The van der Waals surface area contributed by atoms with Crippen LogP contribution in [0.5, 0.6) is 11.5 Å². The average Bonchev–Trinajstić information content (AvgIpc) is 3.19. The molecule has 164 valence electrons. The molecular weight excluding hydrogens is 413 g/mol. The highest BCUT2D eigenvalue weighted by molar-refractivity contribution is 6.05. The number of carbonyl (C=O) groups is 1. The van der Waals surface area contributed by atoms with E-state index >= 15 is 0 Å². The number of aromatic nitrogens is 1. The van der Waals surface area contributed by atoms with Crippen LogP contribution in [0.15, 0.2) is 72.9 Å². The van der Waals surface area contributed by atoms with Crippen molar-refractivity contribution < 1.29 is 28.9 Å². The third kappa shape index (κ3) is 4.34. The smallest absolute Gasteiger partial charge is 0.338 e. The lowest BCUT2D eigenvalue weighted by atomic mass is 10.0. The van der Waals surface area contributed by atoms with Crippen LogP contribution < -0.4 is 4.74 Å². The Kier molecular flexibility index (Phi) is 6.20. The molecule has 0 unspecified atom stereocenters. The summed E-state index contributed by atoms with van der Waals surface area (Å²) in [6.07, 6.45) is 1.07. The Morgan fingerprint density at radius 3 is 2.31 bits per heavy atom. The first-order valence-corrected chi connectivity index (χ1v) is 10.0. The van der Waals surface area contributed by atoms with Crippen molar-refractivity contribution in [2.45, 2.75) is 12.5 Å². The minimum Gasteiger partial charge on any atom is -0.465 e. The topological polar surface area (TPSA) is 80.9 Å². The van der Waals surface area contributed by atoms with E-state index in [1.54, 1.807) is 36.4 Å². The Hall–Kier alpha value is -3.68. The number of rotatable bonds is 7. The van der Waals surface area contributed by atoms with Crippen LogP contribution in [0.3, 0.4) is 0 Å². The van der Waals surface area contributed by atoms with Gasteiger partial charge in [-0.1, -0.05) is 6.07 Å². The zero-order valence-corrected chi connectivity index (χ0v) is 17.4. The van der Waals surface area contributed by atoms with Crippen molar-refractivity contribution >= 4 is 16.9 Å². The minimum atomic E-state index is -0.953. The number of halogens is 1. The summed E-state index contributed by atoms with van der Waals surface area (Å²) < 4.78 is 25.7. The standard InChI is InChI=1S/C25H22FNO5/c1-31-25(30)22-3-2-4-23-24(22)16(13-19(29)15-28)14-27(23)18-7-11-21(12-8-18)32-20-9-5-17(26)6-10-20/h2-12,14,19,28-29H,13,15H2,1H3/t19-/m0/s1. The Balaban J connectivity index is 1.73. The zero-order chi connectivity index (χ0) is 22.7. The predicted molar refractivity (Wildman–Crippen MR) is 118 cm³/mol. The molecule has 0 aliphatic heterocycles. The van der Waals surface area contributed by atoms with Crippen LogP contribution in [-0.2, 0) is 11.2 Å². The van der Waals surface area contributed by atoms with Crippen molar-refractivity contribution in [2.24, 2.45) is 0 Å². The molecule has 0 amide bonds. The van der Waals surface area contributed by atoms with Crippen LogP contribution in [-0.4, -0.2) is 40.6 Å². The maximum atomic E-state index is 13.1. The average molecular weight is 435 g/mol. The molecule has 1 atom stereocenters. The molecule has 0 saturated heterocycles. The van der Waals surface area contributed by atoms with E-state index in [1.165, 1.54) is 19.2 Å². The summed E-state index contributed by atoms with van der Waals surface area (Å²) in [5.74, 6) is 0.299. The molecule has 0 aliphatic carbocycles. The lowest BCUT2D eigenvalue weighted by Crippen LogP contribution is -2.15. The number of aliphatic hydroxyl groups is 2. The van der Waals surface area contributed by atoms with Crippen molar-refractivity contribution in [1.29, 1.82) is 0 Å². The molecule has 4 rings (SSSR count). The van der Waals surface area contributed by atoms with Gasteiger partial charge in [-0.2, -0.15) is 0 Å². The zero-order valence-electron chi connectivity index (χ0n) is 17.4. The van der Waals surface area contributed by atoms with E-state index < -0.39 is 12.1 Å². The summed E-state index contributed by atoms with van der Waals surface area (Å²) in [5.41, 5.74) is 2.68. The Bertz CT molecular complexity index is 1230. The highest BCUT2D eigenvalue weighted by Crippen LogP contribution is 2.31. The van der Waals surface area contributed by atoms with Gasteiger partial charge in [-0.15, -0.1) is 0 Å². The van der Waals surface area contributed by atoms with E-state index in [0.717, 1.165) is 11.2 Å². The molecule has 0 saturated carbocycles. The predicted octanol–water partition coefficient (Wildman–Crippen LogP) is 4.24. The quantitative estimate of drug-likeness (QED) is 0.425. The van der Waals surface area contributed by atoms with Crippen LogP contribution in [0.4, 0.5) is 4.39 Å². The van der Waals surface area contributed by atoms with Crippen molar-refractivity contribution in [1.82, 2.24) is 4.57 Å². The first kappa shape index (κ1) is 21.5. The molecule has 3 aromatic carbocycles. The molecule has 1 heterocycles. The number of ether oxygens (including phenoxy) is 2. The van der Waals surface area contributed by atoms with Gasteiger partial charge in [0.15, 0.2) is 0 Å². The van der Waals surface area contributed by atoms with E-state index in [1.807, 2.05) is 29.0 Å². The van der Waals surface area contributed by atoms with Gasteiger partial charge in [0, 0.05) is 23.7 Å². The van der Waals surface area contributed by atoms with Crippen LogP contribution >= 0.6 is 0 Å². The molecule has 1 aromatic heterocycles. The minimum absolute atomic E-state index is 0.180. The monoisotopic (exact) mass is 435 g/mol. The Labute approximate surface area is 184 Å². The number of benzene rings is 3. The highest BCUT2D eigenvalue weighted by Gasteiger charge is 2.19. The molecule has 2 N–H and O–H groups in total. The molecule has 7 heteroatoms. The fourth-order valence-corrected chi connectivity index (χ4v) is 3.65. The van der Waals surface area contributed by atoms with E-state index in [9.17, 15) is 19.4 Å². The normalized spacial score (nSPS) is 12.0. The number of fused-ring (bicyclic) bond motifs is 1. The molecule has 4 aromatic rings. The highest BCUT2D eigenvalue weighted by atomic mass is 19.1. The first-order valence-electron chi connectivity index (χ1n) is 10.0. The van der Waals surface area contributed by atoms with Crippen molar-refractivity contribution in [2.75, 3.05) is 13.7 Å². The third-order valence-corrected chi connectivity index (χ3v) is 5.14. The van der Waals surface area contributed by atoms with Crippen molar-refractivity contribution in [3.8, 4) is 17.2 Å². The number of esters is 1. The van der Waals surface area contributed by atoms with Crippen LogP contribution in [0.2, 0.25) is 0 Å². The molecule has 0 aliphatic rings. The second kappa shape index (κ2) is 9.21. The number of hydrogen-bond acceptors (Lipinski definition) is 5.